The number of nitrogens with one attached hydrogen (secondary N) is 2. The van der Waals surface area contributed by atoms with Gasteiger partial charge in [0.25, 0.3) is 5.91 Å². The van der Waals surface area contributed by atoms with Crippen molar-refractivity contribution in [3.05, 3.63) is 125 Å². The van der Waals surface area contributed by atoms with E-state index in [1.165, 1.54) is 11.8 Å². The Morgan fingerprint density at radius 1 is 0.721 bits per heavy atom. The summed E-state index contributed by atoms with van der Waals surface area (Å²) in [5.74, 6) is -4.27. The van der Waals surface area contributed by atoms with Crippen molar-refractivity contribution in [3.8, 4) is 0 Å². The van der Waals surface area contributed by atoms with E-state index in [1.807, 2.05) is 30.3 Å². The number of amides is 2. The SMILES string of the molecule is CCOC(=O)c1ccc(NC(=O)C(Sc2cccc(NC(=O)c3ccc(C(=O)O)cc3C(=O)O)c2)c2ccccc2)cc1. The Hall–Kier alpha value is -5.42. The summed E-state index contributed by atoms with van der Waals surface area (Å²) in [6.45, 7) is 1.97. The van der Waals surface area contributed by atoms with E-state index >= 15 is 0 Å². The highest BCUT2D eigenvalue weighted by Gasteiger charge is 2.23. The van der Waals surface area contributed by atoms with Crippen LogP contribution in [0.1, 0.15) is 59.2 Å². The van der Waals surface area contributed by atoms with Crippen molar-refractivity contribution in [3.63, 3.8) is 0 Å². The zero-order valence-corrected chi connectivity index (χ0v) is 23.6. The molecule has 218 valence electrons. The number of benzene rings is 4. The minimum Gasteiger partial charge on any atom is -0.478 e. The van der Waals surface area contributed by atoms with Crippen molar-refractivity contribution >= 4 is 52.9 Å². The van der Waals surface area contributed by atoms with Gasteiger partial charge in [0.2, 0.25) is 5.91 Å². The molecular weight excluding hydrogens is 572 g/mol. The maximum atomic E-state index is 13.5. The average Bonchev–Trinajstić information content (AvgIpc) is 3.00. The molecule has 11 heteroatoms. The number of hydrogen-bond acceptors (Lipinski definition) is 7. The summed E-state index contributed by atoms with van der Waals surface area (Å²) in [5, 5.41) is 23.5. The predicted octanol–water partition coefficient (Wildman–Crippen LogP) is 5.98. The first kappa shape index (κ1) is 30.5. The third-order valence-electron chi connectivity index (χ3n) is 6.09. The molecule has 0 saturated carbocycles. The van der Waals surface area contributed by atoms with E-state index in [1.54, 1.807) is 55.5 Å². The molecule has 0 saturated heterocycles. The Bertz CT molecular complexity index is 1670. The summed E-state index contributed by atoms with van der Waals surface area (Å²) in [6, 6.07) is 25.4. The molecule has 0 aliphatic rings. The second-order valence-corrected chi connectivity index (χ2v) is 10.2. The largest absolute Gasteiger partial charge is 0.478 e. The van der Waals surface area contributed by atoms with Crippen LogP contribution < -0.4 is 10.6 Å². The van der Waals surface area contributed by atoms with E-state index in [2.05, 4.69) is 10.6 Å². The summed E-state index contributed by atoms with van der Waals surface area (Å²) >= 11 is 1.24. The number of esters is 1. The molecule has 0 bridgehead atoms. The van der Waals surface area contributed by atoms with Crippen LogP contribution in [0.3, 0.4) is 0 Å². The Kier molecular flexibility index (Phi) is 9.92. The van der Waals surface area contributed by atoms with Crippen LogP contribution in [0, 0.1) is 0 Å². The number of hydrogen-bond donors (Lipinski definition) is 4. The third kappa shape index (κ3) is 7.86. The second-order valence-electron chi connectivity index (χ2n) is 9.05. The molecule has 1 atom stereocenters. The van der Waals surface area contributed by atoms with Crippen molar-refractivity contribution in [1.29, 1.82) is 0 Å². The normalized spacial score (nSPS) is 11.2. The van der Waals surface area contributed by atoms with Crippen molar-refractivity contribution in [1.82, 2.24) is 0 Å². The first-order valence-corrected chi connectivity index (χ1v) is 13.9. The number of carbonyl (C=O) groups excluding carboxylic acids is 3. The van der Waals surface area contributed by atoms with E-state index in [-0.39, 0.29) is 23.6 Å². The molecule has 10 nitrogen and oxygen atoms in total. The molecule has 0 aliphatic heterocycles. The van der Waals surface area contributed by atoms with Crippen molar-refractivity contribution in [2.45, 2.75) is 17.1 Å². The lowest BCUT2D eigenvalue weighted by molar-refractivity contribution is -0.115. The second kappa shape index (κ2) is 14.0. The highest BCUT2D eigenvalue weighted by molar-refractivity contribution is 8.00. The van der Waals surface area contributed by atoms with Gasteiger partial charge in [-0.25, -0.2) is 14.4 Å². The van der Waals surface area contributed by atoms with Crippen LogP contribution in [0.15, 0.2) is 102 Å². The first-order valence-electron chi connectivity index (χ1n) is 13.0. The Morgan fingerprint density at radius 3 is 2.07 bits per heavy atom. The predicted molar refractivity (Wildman–Crippen MR) is 161 cm³/mol. The van der Waals surface area contributed by atoms with Crippen molar-refractivity contribution in [2.24, 2.45) is 0 Å². The minimum absolute atomic E-state index is 0.203. The van der Waals surface area contributed by atoms with Gasteiger partial charge in [-0.3, -0.25) is 9.59 Å². The Balaban J connectivity index is 1.54. The van der Waals surface area contributed by atoms with Crippen LogP contribution in [0.25, 0.3) is 0 Å². The summed E-state index contributed by atoms with van der Waals surface area (Å²) in [6.07, 6.45) is 0. The van der Waals surface area contributed by atoms with Crippen LogP contribution in [-0.2, 0) is 9.53 Å². The van der Waals surface area contributed by atoms with Gasteiger partial charge >= 0.3 is 17.9 Å². The van der Waals surface area contributed by atoms with Crippen molar-refractivity contribution < 1.29 is 38.9 Å². The molecule has 0 aromatic heterocycles. The number of anilines is 2. The van der Waals surface area contributed by atoms with E-state index in [0.717, 1.165) is 23.8 Å². The van der Waals surface area contributed by atoms with Gasteiger partial charge in [0.1, 0.15) is 5.25 Å². The summed E-state index contributed by atoms with van der Waals surface area (Å²) in [5.41, 5.74) is 1.02. The van der Waals surface area contributed by atoms with Gasteiger partial charge in [-0.15, -0.1) is 11.8 Å². The number of rotatable bonds is 11. The van der Waals surface area contributed by atoms with Crippen molar-refractivity contribution in [2.75, 3.05) is 17.2 Å². The van der Waals surface area contributed by atoms with E-state index in [0.29, 0.717) is 21.8 Å². The zero-order chi connectivity index (χ0) is 30.9. The molecule has 0 heterocycles. The van der Waals surface area contributed by atoms with Crippen LogP contribution in [0.5, 0.6) is 0 Å². The van der Waals surface area contributed by atoms with Gasteiger partial charge < -0.3 is 25.6 Å². The van der Waals surface area contributed by atoms with E-state index in [4.69, 9.17) is 9.84 Å². The quantitative estimate of drug-likeness (QED) is 0.120. The summed E-state index contributed by atoms with van der Waals surface area (Å²) < 4.78 is 5.00. The lowest BCUT2D eigenvalue weighted by atomic mass is 10.0. The molecule has 1 unspecified atom stereocenters. The number of thioether (sulfide) groups is 1. The van der Waals surface area contributed by atoms with Crippen LogP contribution in [0.4, 0.5) is 11.4 Å². The number of aromatic carboxylic acids is 2. The number of carbonyl (C=O) groups is 5. The monoisotopic (exact) mass is 598 g/mol. The molecule has 4 N–H and O–H groups in total. The molecule has 43 heavy (non-hydrogen) atoms. The van der Waals surface area contributed by atoms with Gasteiger partial charge in [0.15, 0.2) is 0 Å². The lowest BCUT2D eigenvalue weighted by Gasteiger charge is -2.18. The van der Waals surface area contributed by atoms with Gasteiger partial charge in [-0.1, -0.05) is 36.4 Å². The maximum absolute atomic E-state index is 13.5. The fourth-order valence-electron chi connectivity index (χ4n) is 4.05. The van der Waals surface area contributed by atoms with E-state index in [9.17, 15) is 29.1 Å². The van der Waals surface area contributed by atoms with Gasteiger partial charge in [-0.2, -0.15) is 0 Å². The van der Waals surface area contributed by atoms with Gasteiger partial charge in [-0.05, 0) is 73.2 Å². The highest BCUT2D eigenvalue weighted by Crippen LogP contribution is 2.37. The molecule has 2 amide bonds. The van der Waals surface area contributed by atoms with E-state index < -0.39 is 34.6 Å². The Labute approximate surface area is 250 Å². The number of carboxylic acids is 2. The zero-order valence-electron chi connectivity index (χ0n) is 22.8. The fraction of sp³-hybridized carbons (Fsp3) is 0.0938. The molecule has 0 fully saturated rings. The molecule has 0 spiro atoms. The molecular formula is C32H26N2O8S. The summed E-state index contributed by atoms with van der Waals surface area (Å²) in [7, 11) is 0. The van der Waals surface area contributed by atoms with Gasteiger partial charge in [0, 0.05) is 16.3 Å². The van der Waals surface area contributed by atoms with Crippen LogP contribution in [-0.4, -0.2) is 46.5 Å². The Morgan fingerprint density at radius 2 is 1.42 bits per heavy atom. The lowest BCUT2D eigenvalue weighted by Crippen LogP contribution is -2.19. The summed E-state index contributed by atoms with van der Waals surface area (Å²) in [4.78, 5) is 62.0. The fourth-order valence-corrected chi connectivity index (χ4v) is 5.13. The number of carboxylic acid groups (broad SMARTS) is 2. The smallest absolute Gasteiger partial charge is 0.338 e. The molecule has 4 aromatic carbocycles. The maximum Gasteiger partial charge on any atom is 0.338 e. The highest BCUT2D eigenvalue weighted by atomic mass is 32.2. The third-order valence-corrected chi connectivity index (χ3v) is 7.34. The first-order chi connectivity index (χ1) is 20.7. The van der Waals surface area contributed by atoms with Crippen LogP contribution in [0.2, 0.25) is 0 Å². The molecule has 0 aliphatic carbocycles. The average molecular weight is 599 g/mol. The van der Waals surface area contributed by atoms with Gasteiger partial charge in [0.05, 0.1) is 28.9 Å². The van der Waals surface area contributed by atoms with Crippen LogP contribution >= 0.6 is 11.8 Å². The standard InChI is InChI=1S/C32H26N2O8S/c1-2-42-32(41)20-11-14-22(15-12-20)33-29(36)27(19-7-4-3-5-8-19)43-24-10-6-9-23(18-24)34-28(35)25-16-13-21(30(37)38)17-26(25)31(39)40/h3-18,27H,2H2,1H3,(H,33,36)(H,34,35)(H,37,38)(H,39,40). The topological polar surface area (TPSA) is 159 Å². The molecule has 4 aromatic rings. The molecule has 4 rings (SSSR count). The minimum atomic E-state index is -1.44. The number of ether oxygens (including phenoxy) is 1. The molecule has 0 radical (unpaired) electrons.